The van der Waals surface area contributed by atoms with Gasteiger partial charge in [0.05, 0.1) is 17.2 Å². The van der Waals surface area contributed by atoms with Gasteiger partial charge in [-0.15, -0.1) is 0 Å². The van der Waals surface area contributed by atoms with Crippen LogP contribution in [0.4, 0.5) is 18.9 Å². The Morgan fingerprint density at radius 2 is 1.88 bits per heavy atom. The monoisotopic (exact) mass is 410 g/mol. The fourth-order valence-electron chi connectivity index (χ4n) is 2.78. The van der Waals surface area contributed by atoms with Gasteiger partial charge in [-0.3, -0.25) is 4.79 Å². The molecule has 0 fully saturated rings. The molecule has 0 bridgehead atoms. The first-order valence-corrected chi connectivity index (χ1v) is 8.36. The van der Waals surface area contributed by atoms with Gasteiger partial charge in [0.2, 0.25) is 0 Å². The summed E-state index contributed by atoms with van der Waals surface area (Å²) in [6, 6.07) is 12.0. The number of nitrogens with zero attached hydrogens (tertiary/aromatic N) is 2. The van der Waals surface area contributed by atoms with Gasteiger partial charge in [0.1, 0.15) is 0 Å². The van der Waals surface area contributed by atoms with E-state index in [0.717, 1.165) is 16.6 Å². The van der Waals surface area contributed by atoms with Crippen molar-refractivity contribution in [1.82, 2.24) is 0 Å². The summed E-state index contributed by atoms with van der Waals surface area (Å²) in [6.07, 6.45) is -4.15. The lowest BCUT2D eigenvalue weighted by molar-refractivity contribution is -0.137. The molecule has 1 unspecified atom stereocenters. The van der Waals surface area contributed by atoms with Crippen LogP contribution in [0.5, 0.6) is 0 Å². The van der Waals surface area contributed by atoms with Crippen molar-refractivity contribution in [3.05, 3.63) is 64.1 Å². The largest absolute Gasteiger partial charge is 0.416 e. The molecule has 2 aromatic carbocycles. The number of alkyl halides is 3. The van der Waals surface area contributed by atoms with Gasteiger partial charge in [-0.2, -0.15) is 18.3 Å². The Morgan fingerprint density at radius 3 is 2.56 bits per heavy atom. The van der Waals surface area contributed by atoms with E-state index in [0.29, 0.717) is 23.4 Å². The molecule has 7 heteroatoms. The van der Waals surface area contributed by atoms with Crippen LogP contribution in [-0.4, -0.2) is 11.6 Å². The number of amides is 1. The molecule has 3 rings (SSSR count). The number of hydrogen-bond donors (Lipinski definition) is 0. The molecule has 1 heterocycles. The SMILES string of the molecule is CC1=NN(c2cccc(Br)c2)C(=O)C(c2cccc(C(F)(F)F)c2)C1. The summed E-state index contributed by atoms with van der Waals surface area (Å²) in [7, 11) is 0. The van der Waals surface area contributed by atoms with Gasteiger partial charge in [0.15, 0.2) is 0 Å². The molecule has 1 atom stereocenters. The third kappa shape index (κ3) is 3.76. The Hall–Kier alpha value is -2.15. The highest BCUT2D eigenvalue weighted by molar-refractivity contribution is 9.10. The van der Waals surface area contributed by atoms with Crippen LogP contribution >= 0.6 is 15.9 Å². The molecule has 0 spiro atoms. The van der Waals surface area contributed by atoms with E-state index in [9.17, 15) is 18.0 Å². The highest BCUT2D eigenvalue weighted by atomic mass is 79.9. The van der Waals surface area contributed by atoms with Crippen LogP contribution in [-0.2, 0) is 11.0 Å². The molecular formula is C18H14BrF3N2O. The fraction of sp³-hybridized carbons (Fsp3) is 0.222. The van der Waals surface area contributed by atoms with Crippen LogP contribution in [0.15, 0.2) is 58.1 Å². The molecule has 1 amide bonds. The Labute approximate surface area is 151 Å². The molecule has 2 aromatic rings. The van der Waals surface area contributed by atoms with E-state index in [1.54, 1.807) is 31.2 Å². The molecule has 0 saturated heterocycles. The summed E-state index contributed by atoms with van der Waals surface area (Å²) >= 11 is 3.34. The summed E-state index contributed by atoms with van der Waals surface area (Å²) in [6.45, 7) is 1.76. The van der Waals surface area contributed by atoms with Gasteiger partial charge >= 0.3 is 6.18 Å². The van der Waals surface area contributed by atoms with Gasteiger partial charge in [0.25, 0.3) is 5.91 Å². The van der Waals surface area contributed by atoms with E-state index in [1.165, 1.54) is 11.1 Å². The molecule has 1 aliphatic rings. The molecule has 0 N–H and O–H groups in total. The molecule has 25 heavy (non-hydrogen) atoms. The maximum Gasteiger partial charge on any atom is 0.416 e. The second kappa shape index (κ2) is 6.63. The van der Waals surface area contributed by atoms with Crippen LogP contribution in [0.1, 0.15) is 30.4 Å². The van der Waals surface area contributed by atoms with E-state index in [-0.39, 0.29) is 5.91 Å². The standard InChI is InChI=1S/C18H14BrF3N2O/c1-11-8-16(12-4-2-5-13(9-12)18(20,21)22)17(25)24(23-11)15-7-3-6-14(19)10-15/h2-7,9-10,16H,8H2,1H3. The van der Waals surface area contributed by atoms with Gasteiger partial charge < -0.3 is 0 Å². The Bertz CT molecular complexity index is 848. The third-order valence-electron chi connectivity index (χ3n) is 3.95. The number of benzene rings is 2. The first-order valence-electron chi connectivity index (χ1n) is 7.56. The maximum atomic E-state index is 13.0. The normalized spacial score (nSPS) is 18.3. The minimum absolute atomic E-state index is 0.296. The van der Waals surface area contributed by atoms with E-state index in [2.05, 4.69) is 21.0 Å². The number of rotatable bonds is 2. The van der Waals surface area contributed by atoms with Crippen molar-refractivity contribution in [2.24, 2.45) is 5.10 Å². The topological polar surface area (TPSA) is 32.7 Å². The Morgan fingerprint density at radius 1 is 1.16 bits per heavy atom. The zero-order valence-corrected chi connectivity index (χ0v) is 14.8. The first-order chi connectivity index (χ1) is 11.8. The fourth-order valence-corrected chi connectivity index (χ4v) is 3.16. The van der Waals surface area contributed by atoms with Crippen molar-refractivity contribution in [3.8, 4) is 0 Å². The number of carbonyl (C=O) groups is 1. The summed E-state index contributed by atoms with van der Waals surface area (Å²) in [4.78, 5) is 12.9. The third-order valence-corrected chi connectivity index (χ3v) is 4.44. The number of hydrazone groups is 1. The summed E-state index contributed by atoms with van der Waals surface area (Å²) in [5.41, 5.74) is 0.832. The number of halogens is 4. The molecular weight excluding hydrogens is 397 g/mol. The average molecular weight is 411 g/mol. The summed E-state index contributed by atoms with van der Waals surface area (Å²) < 4.78 is 39.7. The van der Waals surface area contributed by atoms with Crippen molar-refractivity contribution in [1.29, 1.82) is 0 Å². The highest BCUT2D eigenvalue weighted by Gasteiger charge is 2.35. The minimum atomic E-state index is -4.44. The minimum Gasteiger partial charge on any atom is -0.272 e. The van der Waals surface area contributed by atoms with Crippen LogP contribution in [0.2, 0.25) is 0 Å². The first kappa shape index (κ1) is 17.7. The zero-order chi connectivity index (χ0) is 18.2. The second-order valence-corrected chi connectivity index (χ2v) is 6.76. The van der Waals surface area contributed by atoms with Crippen LogP contribution in [0, 0.1) is 0 Å². The van der Waals surface area contributed by atoms with Crippen LogP contribution in [0.25, 0.3) is 0 Å². The highest BCUT2D eigenvalue weighted by Crippen LogP contribution is 2.35. The number of carbonyl (C=O) groups excluding carboxylic acids is 1. The Balaban J connectivity index is 1.99. The molecule has 0 saturated carbocycles. The maximum absolute atomic E-state index is 13.0. The van der Waals surface area contributed by atoms with Crippen molar-refractivity contribution < 1.29 is 18.0 Å². The number of hydrogen-bond acceptors (Lipinski definition) is 2. The predicted octanol–water partition coefficient (Wildman–Crippen LogP) is 5.36. The van der Waals surface area contributed by atoms with E-state index in [4.69, 9.17) is 0 Å². The van der Waals surface area contributed by atoms with E-state index < -0.39 is 17.7 Å². The van der Waals surface area contributed by atoms with E-state index >= 15 is 0 Å². The zero-order valence-electron chi connectivity index (χ0n) is 13.2. The second-order valence-electron chi connectivity index (χ2n) is 5.85. The summed E-state index contributed by atoms with van der Waals surface area (Å²) in [5, 5.41) is 5.54. The molecule has 3 nitrogen and oxygen atoms in total. The van der Waals surface area contributed by atoms with Crippen molar-refractivity contribution in [2.75, 3.05) is 5.01 Å². The molecule has 0 radical (unpaired) electrons. The van der Waals surface area contributed by atoms with Gasteiger partial charge in [-0.25, -0.2) is 5.01 Å². The lowest BCUT2D eigenvalue weighted by atomic mass is 9.90. The van der Waals surface area contributed by atoms with Crippen molar-refractivity contribution >= 4 is 33.2 Å². The van der Waals surface area contributed by atoms with Gasteiger partial charge in [0, 0.05) is 16.6 Å². The quantitative estimate of drug-likeness (QED) is 0.655. The van der Waals surface area contributed by atoms with Crippen LogP contribution in [0.3, 0.4) is 0 Å². The smallest absolute Gasteiger partial charge is 0.272 e. The summed E-state index contributed by atoms with van der Waals surface area (Å²) in [5.74, 6) is -1.04. The predicted molar refractivity (Wildman–Crippen MR) is 93.5 cm³/mol. The Kier molecular flexibility index (Phi) is 4.69. The average Bonchev–Trinajstić information content (AvgIpc) is 2.56. The van der Waals surface area contributed by atoms with Gasteiger partial charge in [-0.1, -0.05) is 40.2 Å². The molecule has 130 valence electrons. The molecule has 0 aliphatic carbocycles. The van der Waals surface area contributed by atoms with Crippen molar-refractivity contribution in [3.63, 3.8) is 0 Å². The number of anilines is 1. The van der Waals surface area contributed by atoms with Gasteiger partial charge in [-0.05, 0) is 36.8 Å². The molecule has 0 aromatic heterocycles. The lowest BCUT2D eigenvalue weighted by Gasteiger charge is -2.29. The lowest BCUT2D eigenvalue weighted by Crippen LogP contribution is -2.36. The van der Waals surface area contributed by atoms with E-state index in [1.807, 2.05) is 6.07 Å². The molecule has 1 aliphatic heterocycles. The van der Waals surface area contributed by atoms with Crippen molar-refractivity contribution in [2.45, 2.75) is 25.4 Å². The van der Waals surface area contributed by atoms with Crippen LogP contribution < -0.4 is 5.01 Å².